The van der Waals surface area contributed by atoms with Crippen LogP contribution in [0.1, 0.15) is 12.5 Å². The van der Waals surface area contributed by atoms with Crippen molar-refractivity contribution < 1.29 is 22.7 Å². The molecule has 0 aliphatic carbocycles. The number of carbonyl (C=O) groups excluding carboxylic acids is 1. The van der Waals surface area contributed by atoms with Crippen molar-refractivity contribution in [2.24, 2.45) is 0 Å². The molecule has 124 valence electrons. The highest BCUT2D eigenvalue weighted by atomic mass is 35.5. The summed E-state index contributed by atoms with van der Waals surface area (Å²) in [6, 6.07) is 3.22. The van der Waals surface area contributed by atoms with Crippen molar-refractivity contribution in [1.82, 2.24) is 4.90 Å². The van der Waals surface area contributed by atoms with Gasteiger partial charge in [0.15, 0.2) is 0 Å². The van der Waals surface area contributed by atoms with Crippen LogP contribution in [0.2, 0.25) is 5.02 Å². The molecule has 2 rings (SSSR count). The van der Waals surface area contributed by atoms with Crippen LogP contribution in [0, 0.1) is 11.8 Å². The number of benzene rings is 1. The van der Waals surface area contributed by atoms with Gasteiger partial charge in [0.05, 0.1) is 6.54 Å². The number of fused-ring (bicyclic) bond motifs is 1. The summed E-state index contributed by atoms with van der Waals surface area (Å²) in [5.74, 6) is 4.94. The lowest BCUT2D eigenvalue weighted by Gasteiger charge is -2.36. The lowest BCUT2D eigenvalue weighted by Crippen LogP contribution is -2.52. The first-order valence-corrected chi connectivity index (χ1v) is 7.01. The standard InChI is InChI=1S/C15H14ClF3N2O2/c1-3-4-7-23-14(15(17,18)19)9-21(2)13(22)20-12-6-5-10(16)8-11(12)14/h5-6,8H,7,9H2,1-2H3,(H,20,22). The predicted octanol–water partition coefficient (Wildman–Crippen LogP) is 3.61. The number of hydrogen-bond donors (Lipinski definition) is 1. The van der Waals surface area contributed by atoms with E-state index in [1.807, 2.05) is 0 Å². The van der Waals surface area contributed by atoms with Crippen molar-refractivity contribution in [2.75, 3.05) is 25.5 Å². The molecule has 0 radical (unpaired) electrons. The molecule has 23 heavy (non-hydrogen) atoms. The highest BCUT2D eigenvalue weighted by molar-refractivity contribution is 6.30. The maximum absolute atomic E-state index is 13.9. The second-order valence-corrected chi connectivity index (χ2v) is 5.45. The molecule has 1 aromatic carbocycles. The first-order valence-electron chi connectivity index (χ1n) is 6.64. The number of hydrogen-bond acceptors (Lipinski definition) is 2. The van der Waals surface area contributed by atoms with E-state index in [1.54, 1.807) is 0 Å². The molecule has 0 spiro atoms. The summed E-state index contributed by atoms with van der Waals surface area (Å²) in [6.07, 6.45) is -4.78. The second kappa shape index (κ2) is 6.30. The van der Waals surface area contributed by atoms with Gasteiger partial charge in [0.1, 0.15) is 6.61 Å². The summed E-state index contributed by atoms with van der Waals surface area (Å²) >= 11 is 5.86. The molecular formula is C15H14ClF3N2O2. The molecule has 1 aliphatic heterocycles. The zero-order valence-electron chi connectivity index (χ0n) is 12.4. The zero-order chi connectivity index (χ0) is 17.3. The Balaban J connectivity index is 2.67. The van der Waals surface area contributed by atoms with Crippen LogP contribution < -0.4 is 5.32 Å². The van der Waals surface area contributed by atoms with E-state index in [4.69, 9.17) is 16.3 Å². The number of nitrogens with zero attached hydrogens (tertiary/aromatic N) is 1. The Morgan fingerprint density at radius 2 is 2.17 bits per heavy atom. The van der Waals surface area contributed by atoms with E-state index in [0.717, 1.165) is 11.0 Å². The van der Waals surface area contributed by atoms with Gasteiger partial charge in [0, 0.05) is 23.3 Å². The van der Waals surface area contributed by atoms with Gasteiger partial charge < -0.3 is 15.0 Å². The van der Waals surface area contributed by atoms with Crippen LogP contribution in [-0.4, -0.2) is 37.3 Å². The number of urea groups is 1. The number of ether oxygens (including phenoxy) is 1. The maximum atomic E-state index is 13.9. The Kier molecular flexibility index (Phi) is 4.78. The zero-order valence-corrected chi connectivity index (χ0v) is 13.2. The van der Waals surface area contributed by atoms with Crippen LogP contribution in [0.4, 0.5) is 23.7 Å². The average Bonchev–Trinajstić information content (AvgIpc) is 2.56. The molecule has 1 unspecified atom stereocenters. The lowest BCUT2D eigenvalue weighted by molar-refractivity contribution is -0.283. The Morgan fingerprint density at radius 3 is 2.78 bits per heavy atom. The Labute approximate surface area is 136 Å². The number of rotatable bonds is 2. The smallest absolute Gasteiger partial charge is 0.346 e. The van der Waals surface area contributed by atoms with Gasteiger partial charge in [-0.05, 0) is 25.1 Å². The van der Waals surface area contributed by atoms with E-state index in [-0.39, 0.29) is 16.3 Å². The van der Waals surface area contributed by atoms with Crippen molar-refractivity contribution in [3.63, 3.8) is 0 Å². The normalized spacial score (nSPS) is 21.0. The third-order valence-corrected chi connectivity index (χ3v) is 3.73. The van der Waals surface area contributed by atoms with Crippen LogP contribution in [0.25, 0.3) is 0 Å². The van der Waals surface area contributed by atoms with E-state index < -0.39 is 31.0 Å². The SMILES string of the molecule is CC#CCOC1(C(F)(F)F)CN(C)C(=O)Nc2ccc(Cl)cc21. The Hall–Kier alpha value is -1.91. The van der Waals surface area contributed by atoms with E-state index in [2.05, 4.69) is 17.2 Å². The van der Waals surface area contributed by atoms with Gasteiger partial charge in [-0.25, -0.2) is 4.79 Å². The van der Waals surface area contributed by atoms with Crippen LogP contribution >= 0.6 is 11.6 Å². The summed E-state index contributed by atoms with van der Waals surface area (Å²) in [7, 11) is 1.26. The molecule has 0 aromatic heterocycles. The molecule has 4 nitrogen and oxygen atoms in total. The fourth-order valence-corrected chi connectivity index (χ4v) is 2.51. The van der Waals surface area contributed by atoms with Gasteiger partial charge >= 0.3 is 12.2 Å². The van der Waals surface area contributed by atoms with Crippen LogP contribution in [0.3, 0.4) is 0 Å². The van der Waals surface area contributed by atoms with Gasteiger partial charge in [0.2, 0.25) is 5.60 Å². The van der Waals surface area contributed by atoms with Crippen molar-refractivity contribution in [3.05, 3.63) is 28.8 Å². The minimum absolute atomic E-state index is 0.00512. The summed E-state index contributed by atoms with van der Waals surface area (Å²) in [6.45, 7) is 0.365. The Morgan fingerprint density at radius 1 is 1.48 bits per heavy atom. The third kappa shape index (κ3) is 3.23. The largest absolute Gasteiger partial charge is 0.423 e. The Bertz CT molecular complexity index is 682. The fourth-order valence-electron chi connectivity index (χ4n) is 2.34. The van der Waals surface area contributed by atoms with Gasteiger partial charge in [-0.3, -0.25) is 0 Å². The minimum Gasteiger partial charge on any atom is -0.346 e. The average molecular weight is 347 g/mol. The molecule has 1 atom stereocenters. The summed E-state index contributed by atoms with van der Waals surface area (Å²) < 4.78 is 47.0. The van der Waals surface area contributed by atoms with Crippen LogP contribution in [0.15, 0.2) is 18.2 Å². The fraction of sp³-hybridized carbons (Fsp3) is 0.400. The molecule has 0 saturated heterocycles. The van der Waals surface area contributed by atoms with Gasteiger partial charge in [0.25, 0.3) is 0 Å². The molecule has 0 bridgehead atoms. The van der Waals surface area contributed by atoms with Crippen LogP contribution in [0.5, 0.6) is 0 Å². The topological polar surface area (TPSA) is 41.6 Å². The summed E-state index contributed by atoms with van der Waals surface area (Å²) in [5.41, 5.74) is -2.95. The van der Waals surface area contributed by atoms with Gasteiger partial charge in [-0.15, -0.1) is 5.92 Å². The summed E-state index contributed by atoms with van der Waals surface area (Å²) in [5, 5.41) is 2.54. The summed E-state index contributed by atoms with van der Waals surface area (Å²) in [4.78, 5) is 12.9. The van der Waals surface area contributed by atoms with Crippen molar-refractivity contribution in [2.45, 2.75) is 18.7 Å². The first kappa shape index (κ1) is 17.4. The molecule has 0 fully saturated rings. The van der Waals surface area contributed by atoms with Crippen LogP contribution in [-0.2, 0) is 10.3 Å². The molecule has 8 heteroatoms. The van der Waals surface area contributed by atoms with Gasteiger partial charge in [-0.2, -0.15) is 13.2 Å². The molecule has 0 saturated carbocycles. The van der Waals surface area contributed by atoms with E-state index >= 15 is 0 Å². The molecule has 1 aromatic rings. The number of alkyl halides is 3. The number of nitrogens with one attached hydrogen (secondary N) is 1. The number of carbonyl (C=O) groups is 1. The van der Waals surface area contributed by atoms with Crippen molar-refractivity contribution >= 4 is 23.3 Å². The maximum Gasteiger partial charge on any atom is 0.423 e. The molecule has 1 N–H and O–H groups in total. The molecule has 1 heterocycles. The minimum atomic E-state index is -4.78. The van der Waals surface area contributed by atoms with E-state index in [9.17, 15) is 18.0 Å². The molecule has 2 amide bonds. The van der Waals surface area contributed by atoms with Gasteiger partial charge in [-0.1, -0.05) is 17.5 Å². The highest BCUT2D eigenvalue weighted by Crippen LogP contribution is 2.47. The predicted molar refractivity (Wildman–Crippen MR) is 80.2 cm³/mol. The first-order chi connectivity index (χ1) is 10.7. The van der Waals surface area contributed by atoms with E-state index in [1.165, 1.54) is 26.1 Å². The molecule has 1 aliphatic rings. The van der Waals surface area contributed by atoms with Crippen molar-refractivity contribution in [1.29, 1.82) is 0 Å². The molecular weight excluding hydrogens is 333 g/mol. The van der Waals surface area contributed by atoms with E-state index in [0.29, 0.717) is 0 Å². The third-order valence-electron chi connectivity index (χ3n) is 3.49. The van der Waals surface area contributed by atoms with Crippen molar-refractivity contribution in [3.8, 4) is 11.8 Å². The lowest BCUT2D eigenvalue weighted by atomic mass is 9.91. The number of halogens is 4. The monoisotopic (exact) mass is 346 g/mol. The number of amides is 2. The second-order valence-electron chi connectivity index (χ2n) is 5.02. The number of likely N-dealkylation sites (N-methyl/N-ethyl adjacent to an activating group) is 1. The highest BCUT2D eigenvalue weighted by Gasteiger charge is 2.60. The number of anilines is 1. The quantitative estimate of drug-likeness (QED) is 0.831.